The molecule has 2 atom stereocenters. The van der Waals surface area contributed by atoms with Crippen molar-refractivity contribution in [2.75, 3.05) is 6.61 Å². The first-order valence-corrected chi connectivity index (χ1v) is 5.64. The van der Waals surface area contributed by atoms with E-state index >= 15 is 0 Å². The van der Waals surface area contributed by atoms with Gasteiger partial charge in [-0.1, -0.05) is 0 Å². The van der Waals surface area contributed by atoms with E-state index in [1.54, 1.807) is 0 Å². The Kier molecular flexibility index (Phi) is 2.60. The van der Waals surface area contributed by atoms with E-state index in [0.717, 1.165) is 30.0 Å². The summed E-state index contributed by atoms with van der Waals surface area (Å²) in [7, 11) is 0. The molecule has 0 aromatic carbocycles. The summed E-state index contributed by atoms with van der Waals surface area (Å²) in [6, 6.07) is 1.93. The average molecular weight is 213 g/mol. The molecule has 1 aromatic heterocycles. The SMILES string of the molecule is Cc1cc(C(O)C2(C)CCCO2)sn1. The average Bonchev–Trinajstić information content (AvgIpc) is 2.74. The summed E-state index contributed by atoms with van der Waals surface area (Å²) >= 11 is 1.36. The van der Waals surface area contributed by atoms with E-state index in [1.807, 2.05) is 19.9 Å². The van der Waals surface area contributed by atoms with Crippen LogP contribution in [0.15, 0.2) is 6.07 Å². The standard InChI is InChI=1S/C10H15NO2S/c1-7-6-8(14-11-7)9(12)10(2)4-3-5-13-10/h6,9,12H,3-5H2,1-2H3. The van der Waals surface area contributed by atoms with Gasteiger partial charge in [-0.15, -0.1) is 0 Å². The number of aliphatic hydroxyl groups excluding tert-OH is 1. The molecule has 14 heavy (non-hydrogen) atoms. The second-order valence-corrected chi connectivity index (χ2v) is 4.87. The van der Waals surface area contributed by atoms with Crippen LogP contribution in [0.25, 0.3) is 0 Å². The predicted octanol–water partition coefficient (Wildman–Crippen LogP) is 2.05. The first kappa shape index (κ1) is 10.1. The Hall–Kier alpha value is -0.450. The molecule has 0 spiro atoms. The number of rotatable bonds is 2. The Morgan fingerprint density at radius 2 is 2.50 bits per heavy atom. The van der Waals surface area contributed by atoms with Crippen molar-refractivity contribution in [3.63, 3.8) is 0 Å². The zero-order valence-electron chi connectivity index (χ0n) is 8.49. The van der Waals surface area contributed by atoms with E-state index in [9.17, 15) is 5.11 Å². The van der Waals surface area contributed by atoms with Gasteiger partial charge < -0.3 is 9.84 Å². The third kappa shape index (κ3) is 1.69. The number of aliphatic hydroxyl groups is 1. The molecule has 2 rings (SSSR count). The van der Waals surface area contributed by atoms with Gasteiger partial charge in [0.05, 0.1) is 16.2 Å². The fourth-order valence-corrected chi connectivity index (χ4v) is 2.70. The van der Waals surface area contributed by atoms with Crippen molar-refractivity contribution in [1.29, 1.82) is 0 Å². The number of nitrogens with zero attached hydrogens (tertiary/aromatic N) is 1. The van der Waals surface area contributed by atoms with Crippen LogP contribution in [0, 0.1) is 6.92 Å². The highest BCUT2D eigenvalue weighted by atomic mass is 32.1. The number of aryl methyl sites for hydroxylation is 1. The molecule has 0 radical (unpaired) electrons. The second-order valence-electron chi connectivity index (χ2n) is 4.04. The lowest BCUT2D eigenvalue weighted by Gasteiger charge is -2.28. The molecule has 0 saturated carbocycles. The van der Waals surface area contributed by atoms with Crippen molar-refractivity contribution in [2.45, 2.75) is 38.4 Å². The van der Waals surface area contributed by atoms with Crippen LogP contribution in [0.1, 0.15) is 36.4 Å². The van der Waals surface area contributed by atoms with Gasteiger partial charge in [0.25, 0.3) is 0 Å². The molecule has 3 nitrogen and oxygen atoms in total. The monoisotopic (exact) mass is 213 g/mol. The third-order valence-corrected chi connectivity index (χ3v) is 3.67. The van der Waals surface area contributed by atoms with Gasteiger partial charge in [-0.05, 0) is 44.3 Å². The van der Waals surface area contributed by atoms with Gasteiger partial charge in [0, 0.05) is 6.61 Å². The molecule has 0 aliphatic carbocycles. The van der Waals surface area contributed by atoms with Crippen LogP contribution in [0.2, 0.25) is 0 Å². The summed E-state index contributed by atoms with van der Waals surface area (Å²) in [5.41, 5.74) is 0.560. The van der Waals surface area contributed by atoms with Gasteiger partial charge in [0.1, 0.15) is 6.10 Å². The summed E-state index contributed by atoms with van der Waals surface area (Å²) in [4.78, 5) is 0.909. The molecule has 78 valence electrons. The molecule has 2 unspecified atom stereocenters. The predicted molar refractivity (Wildman–Crippen MR) is 55.4 cm³/mol. The first-order chi connectivity index (χ1) is 6.62. The van der Waals surface area contributed by atoms with Crippen LogP contribution < -0.4 is 0 Å². The fraction of sp³-hybridized carbons (Fsp3) is 0.700. The molecule has 1 N–H and O–H groups in total. The number of aromatic nitrogens is 1. The fourth-order valence-electron chi connectivity index (χ4n) is 1.83. The van der Waals surface area contributed by atoms with Crippen LogP contribution >= 0.6 is 11.5 Å². The van der Waals surface area contributed by atoms with Gasteiger partial charge in [0.15, 0.2) is 0 Å². The number of ether oxygens (including phenoxy) is 1. The summed E-state index contributed by atoms with van der Waals surface area (Å²) in [5, 5.41) is 10.1. The zero-order valence-corrected chi connectivity index (χ0v) is 9.30. The largest absolute Gasteiger partial charge is 0.384 e. The lowest BCUT2D eigenvalue weighted by Crippen LogP contribution is -2.31. The Morgan fingerprint density at radius 3 is 3.00 bits per heavy atom. The van der Waals surface area contributed by atoms with Crippen molar-refractivity contribution in [1.82, 2.24) is 4.37 Å². The third-order valence-electron chi connectivity index (χ3n) is 2.74. The van der Waals surface area contributed by atoms with Gasteiger partial charge in [-0.2, -0.15) is 4.37 Å². The van der Waals surface area contributed by atoms with Gasteiger partial charge in [-0.3, -0.25) is 0 Å². The smallest absolute Gasteiger partial charge is 0.118 e. The highest BCUT2D eigenvalue weighted by Crippen LogP contribution is 2.38. The maximum Gasteiger partial charge on any atom is 0.118 e. The van der Waals surface area contributed by atoms with Crippen molar-refractivity contribution in [3.05, 3.63) is 16.6 Å². The summed E-state index contributed by atoms with van der Waals surface area (Å²) in [5.74, 6) is 0. The molecule has 1 aliphatic heterocycles. The minimum atomic E-state index is -0.531. The number of hydrogen-bond acceptors (Lipinski definition) is 4. The van der Waals surface area contributed by atoms with Crippen LogP contribution in [0.3, 0.4) is 0 Å². The van der Waals surface area contributed by atoms with Crippen LogP contribution in [0.4, 0.5) is 0 Å². The summed E-state index contributed by atoms with van der Waals surface area (Å²) in [6.07, 6.45) is 1.42. The van der Waals surface area contributed by atoms with E-state index in [1.165, 1.54) is 11.5 Å². The van der Waals surface area contributed by atoms with Crippen molar-refractivity contribution in [2.24, 2.45) is 0 Å². The van der Waals surface area contributed by atoms with Crippen molar-refractivity contribution >= 4 is 11.5 Å². The van der Waals surface area contributed by atoms with E-state index in [2.05, 4.69) is 4.37 Å². The molecule has 1 aromatic rings. The highest BCUT2D eigenvalue weighted by Gasteiger charge is 2.39. The molecule has 1 fully saturated rings. The molecular formula is C10H15NO2S. The van der Waals surface area contributed by atoms with E-state index in [4.69, 9.17) is 4.74 Å². The van der Waals surface area contributed by atoms with Gasteiger partial charge in [0.2, 0.25) is 0 Å². The lowest BCUT2D eigenvalue weighted by atomic mass is 9.94. The quantitative estimate of drug-likeness (QED) is 0.817. The molecule has 0 amide bonds. The summed E-state index contributed by atoms with van der Waals surface area (Å²) in [6.45, 7) is 4.66. The zero-order chi connectivity index (χ0) is 10.2. The Balaban J connectivity index is 2.18. The first-order valence-electron chi connectivity index (χ1n) is 4.87. The molecular weight excluding hydrogens is 198 g/mol. The lowest BCUT2D eigenvalue weighted by molar-refractivity contribution is -0.0781. The Morgan fingerprint density at radius 1 is 1.71 bits per heavy atom. The van der Waals surface area contributed by atoms with E-state index < -0.39 is 11.7 Å². The van der Waals surface area contributed by atoms with Gasteiger partial charge in [-0.25, -0.2) is 0 Å². The highest BCUT2D eigenvalue weighted by molar-refractivity contribution is 7.05. The van der Waals surface area contributed by atoms with Crippen LogP contribution in [0.5, 0.6) is 0 Å². The maximum atomic E-state index is 10.1. The molecule has 2 heterocycles. The molecule has 4 heteroatoms. The number of hydrogen-bond donors (Lipinski definition) is 1. The Labute approximate surface area is 87.9 Å². The Bertz CT molecular complexity index is 318. The van der Waals surface area contributed by atoms with Crippen LogP contribution in [-0.2, 0) is 4.74 Å². The normalized spacial score (nSPS) is 29.4. The topological polar surface area (TPSA) is 42.4 Å². The molecule has 1 saturated heterocycles. The minimum absolute atomic E-state index is 0.404. The molecule has 1 aliphatic rings. The van der Waals surface area contributed by atoms with Crippen molar-refractivity contribution in [3.8, 4) is 0 Å². The van der Waals surface area contributed by atoms with Crippen molar-refractivity contribution < 1.29 is 9.84 Å². The summed E-state index contributed by atoms with van der Waals surface area (Å²) < 4.78 is 9.76. The van der Waals surface area contributed by atoms with Crippen LogP contribution in [-0.4, -0.2) is 21.7 Å². The molecule has 0 bridgehead atoms. The minimum Gasteiger partial charge on any atom is -0.384 e. The van der Waals surface area contributed by atoms with E-state index in [-0.39, 0.29) is 0 Å². The second kappa shape index (κ2) is 3.61. The van der Waals surface area contributed by atoms with E-state index in [0.29, 0.717) is 0 Å². The maximum absolute atomic E-state index is 10.1. The van der Waals surface area contributed by atoms with Gasteiger partial charge >= 0.3 is 0 Å².